The highest BCUT2D eigenvalue weighted by molar-refractivity contribution is 7.45. The average Bonchev–Trinajstić information content (AvgIpc) is 3.36. The van der Waals surface area contributed by atoms with Gasteiger partial charge in [-0.15, -0.1) is 13.2 Å². The van der Waals surface area contributed by atoms with E-state index in [2.05, 4.69) is 19.9 Å². The van der Waals surface area contributed by atoms with Crippen LogP contribution in [0.15, 0.2) is 48.7 Å². The maximum atomic E-state index is 14.9. The lowest BCUT2D eigenvalue weighted by atomic mass is 10.1. The molecule has 5 rings (SSSR count). The first-order chi connectivity index (χ1) is 20.6. The third kappa shape index (κ3) is 10.1. The molecule has 0 bridgehead atoms. The lowest BCUT2D eigenvalue weighted by Crippen LogP contribution is -2.41. The van der Waals surface area contributed by atoms with Crippen LogP contribution in [0.5, 0.6) is 17.5 Å². The van der Waals surface area contributed by atoms with Gasteiger partial charge in [-0.3, -0.25) is 4.57 Å². The van der Waals surface area contributed by atoms with E-state index in [9.17, 15) is 27.7 Å². The summed E-state index contributed by atoms with van der Waals surface area (Å²) in [6.07, 6.45) is -2.20. The molecule has 44 heavy (non-hydrogen) atoms. The first-order valence-corrected chi connectivity index (χ1v) is 14.6. The number of nitro groups is 1. The fourth-order valence-corrected chi connectivity index (χ4v) is 4.58. The van der Waals surface area contributed by atoms with Gasteiger partial charge < -0.3 is 49.2 Å². The second kappa shape index (κ2) is 13.8. The van der Waals surface area contributed by atoms with Crippen LogP contribution in [0.25, 0.3) is 0 Å². The third-order valence-electron chi connectivity index (χ3n) is 6.53. The summed E-state index contributed by atoms with van der Waals surface area (Å²) in [7, 11) is -4.64. The Kier molecular flexibility index (Phi) is 10.3. The Morgan fingerprint density at radius 2 is 1.75 bits per heavy atom. The molecule has 14 nitrogen and oxygen atoms in total. The Morgan fingerprint density at radius 1 is 1.11 bits per heavy atom. The fourth-order valence-electron chi connectivity index (χ4n) is 4.58. The molecule has 1 aromatic heterocycles. The summed E-state index contributed by atoms with van der Waals surface area (Å²) >= 11 is 0. The lowest BCUT2D eigenvalue weighted by Gasteiger charge is -2.34. The third-order valence-corrected chi connectivity index (χ3v) is 6.53. The predicted molar refractivity (Wildman–Crippen MR) is 145 cm³/mol. The minimum Gasteiger partial charge on any atom is -0.490 e. The first kappa shape index (κ1) is 32.9. The van der Waals surface area contributed by atoms with Gasteiger partial charge in [-0.2, -0.15) is 0 Å². The van der Waals surface area contributed by atoms with Crippen molar-refractivity contribution < 1.29 is 55.9 Å². The van der Waals surface area contributed by atoms with E-state index in [1.165, 1.54) is 36.5 Å². The largest absolute Gasteiger partial charge is 0.573 e. The zero-order chi connectivity index (χ0) is 32.1. The van der Waals surface area contributed by atoms with Crippen molar-refractivity contribution in [3.63, 3.8) is 0 Å². The normalized spacial score (nSPS) is 17.2. The Labute approximate surface area is 247 Å². The van der Waals surface area contributed by atoms with Gasteiger partial charge in [-0.25, -0.2) is 8.96 Å². The van der Waals surface area contributed by atoms with Crippen molar-refractivity contribution in [1.82, 2.24) is 14.9 Å². The van der Waals surface area contributed by atoms with Gasteiger partial charge in [0.15, 0.2) is 0 Å². The topological polar surface area (TPSA) is 182 Å². The molecular formula is C25H28F4N5O9P. The SMILES string of the molecule is O=P(O)(O)O.O=[N+]([O-])c1cn2c(n1)OC[C@@H](NCc1ccc(N3CCC(Oc4ccc(OC(F)(F)F)cc4)CC3)cc1F)C2. The van der Waals surface area contributed by atoms with Crippen molar-refractivity contribution in [2.75, 3.05) is 24.6 Å². The smallest absolute Gasteiger partial charge is 0.490 e. The van der Waals surface area contributed by atoms with Crippen molar-refractivity contribution in [3.05, 3.63) is 70.2 Å². The van der Waals surface area contributed by atoms with Gasteiger partial charge >= 0.3 is 26.0 Å². The van der Waals surface area contributed by atoms with Gasteiger partial charge in [-0.1, -0.05) is 6.07 Å². The Hall–Kier alpha value is -3.96. The predicted octanol–water partition coefficient (Wildman–Crippen LogP) is 3.50. The van der Waals surface area contributed by atoms with Crippen LogP contribution in [0.4, 0.5) is 29.1 Å². The molecule has 3 heterocycles. The number of nitrogens with zero attached hydrogens (tertiary/aromatic N) is 4. The van der Waals surface area contributed by atoms with Gasteiger partial charge in [0, 0.05) is 55.3 Å². The molecule has 3 aromatic rings. The number of hydrogen-bond acceptors (Lipinski definition) is 9. The maximum Gasteiger partial charge on any atom is 0.573 e. The van der Waals surface area contributed by atoms with Crippen LogP contribution >= 0.6 is 7.82 Å². The van der Waals surface area contributed by atoms with E-state index < -0.39 is 19.1 Å². The Bertz CT molecular complexity index is 1470. The van der Waals surface area contributed by atoms with Crippen molar-refractivity contribution in [1.29, 1.82) is 0 Å². The average molecular weight is 649 g/mol. The number of nitrogens with one attached hydrogen (secondary N) is 1. The number of halogens is 4. The summed E-state index contributed by atoms with van der Waals surface area (Å²) in [6, 6.07) is 10.4. The summed E-state index contributed by atoms with van der Waals surface area (Å²) < 4.78 is 77.5. The number of piperidine rings is 1. The van der Waals surface area contributed by atoms with Crippen molar-refractivity contribution >= 4 is 19.3 Å². The maximum absolute atomic E-state index is 14.9. The van der Waals surface area contributed by atoms with E-state index in [1.54, 1.807) is 10.6 Å². The van der Waals surface area contributed by atoms with E-state index in [0.29, 0.717) is 43.8 Å². The summed E-state index contributed by atoms with van der Waals surface area (Å²) in [5, 5.41) is 14.1. The van der Waals surface area contributed by atoms with Crippen LogP contribution in [0.1, 0.15) is 18.4 Å². The van der Waals surface area contributed by atoms with E-state index in [1.807, 2.05) is 6.07 Å². The van der Waals surface area contributed by atoms with Crippen molar-refractivity contribution in [2.45, 2.75) is 44.4 Å². The fraction of sp³-hybridized carbons (Fsp3) is 0.400. The highest BCUT2D eigenvalue weighted by atomic mass is 31.2. The summed E-state index contributed by atoms with van der Waals surface area (Å²) in [4.78, 5) is 37.8. The number of phosphoric acid groups is 1. The molecule has 0 spiro atoms. The molecule has 4 N–H and O–H groups in total. The zero-order valence-electron chi connectivity index (χ0n) is 22.8. The number of aromatic nitrogens is 2. The molecule has 0 unspecified atom stereocenters. The van der Waals surface area contributed by atoms with Gasteiger partial charge in [0.25, 0.3) is 0 Å². The minimum atomic E-state index is -4.74. The van der Waals surface area contributed by atoms with Crippen LogP contribution in [0.3, 0.4) is 0 Å². The van der Waals surface area contributed by atoms with Crippen molar-refractivity contribution in [3.8, 4) is 17.5 Å². The molecule has 1 atom stereocenters. The molecular weight excluding hydrogens is 621 g/mol. The van der Waals surface area contributed by atoms with E-state index in [-0.39, 0.29) is 48.7 Å². The van der Waals surface area contributed by atoms with Gasteiger partial charge in [-0.05, 0) is 41.3 Å². The number of hydrogen-bond donors (Lipinski definition) is 4. The molecule has 240 valence electrons. The molecule has 1 saturated heterocycles. The molecule has 0 aliphatic carbocycles. The molecule has 0 radical (unpaired) electrons. The van der Waals surface area contributed by atoms with Crippen LogP contribution in [0, 0.1) is 15.9 Å². The highest BCUT2D eigenvalue weighted by Gasteiger charge is 2.31. The lowest BCUT2D eigenvalue weighted by molar-refractivity contribution is -0.389. The van der Waals surface area contributed by atoms with Gasteiger partial charge in [0.2, 0.25) is 0 Å². The number of imidazole rings is 1. The Balaban J connectivity index is 0.000000818. The zero-order valence-corrected chi connectivity index (χ0v) is 23.7. The molecule has 0 saturated carbocycles. The molecule has 2 aromatic carbocycles. The summed E-state index contributed by atoms with van der Waals surface area (Å²) in [5.74, 6) is -0.487. The van der Waals surface area contributed by atoms with Gasteiger partial charge in [0.05, 0.1) is 6.04 Å². The minimum absolute atomic E-state index is 0.112. The summed E-state index contributed by atoms with van der Waals surface area (Å²) in [5.41, 5.74) is 1.23. The first-order valence-electron chi connectivity index (χ1n) is 13.0. The molecule has 19 heteroatoms. The number of fused-ring (bicyclic) bond motifs is 1. The van der Waals surface area contributed by atoms with E-state index in [4.69, 9.17) is 28.7 Å². The highest BCUT2D eigenvalue weighted by Crippen LogP contribution is 2.29. The second-order valence-electron chi connectivity index (χ2n) is 9.79. The van der Waals surface area contributed by atoms with Crippen LogP contribution in [0.2, 0.25) is 0 Å². The number of anilines is 1. The van der Waals surface area contributed by atoms with Crippen LogP contribution < -0.4 is 24.4 Å². The van der Waals surface area contributed by atoms with Gasteiger partial charge in [0.1, 0.15) is 36.2 Å². The number of alkyl halides is 3. The van der Waals surface area contributed by atoms with Crippen molar-refractivity contribution in [2.24, 2.45) is 0 Å². The Morgan fingerprint density at radius 3 is 2.34 bits per heavy atom. The number of rotatable bonds is 8. The van der Waals surface area contributed by atoms with E-state index in [0.717, 1.165) is 5.69 Å². The molecule has 2 aliphatic rings. The molecule has 0 amide bonds. The van der Waals surface area contributed by atoms with Crippen LogP contribution in [-0.2, 0) is 17.7 Å². The van der Waals surface area contributed by atoms with Crippen LogP contribution in [-0.4, -0.2) is 67.4 Å². The van der Waals surface area contributed by atoms with E-state index >= 15 is 0 Å². The molecule has 2 aliphatic heterocycles. The summed E-state index contributed by atoms with van der Waals surface area (Å²) in [6.45, 7) is 2.20. The standard InChI is InChI=1S/C25H25F4N5O5.H3O4P/c26-22-11-18(2-1-16(22)12-30-17-13-33-14-23(34(35)36)31-24(33)37-15-17)32-9-7-20(8-10-32)38-19-3-5-21(6-4-19)39-25(27,28)29;1-5(2,3)4/h1-6,11,14,17,20,30H,7-10,12-13,15H2;(H3,1,2,3,4)/t17-;/m0./s1. The number of ether oxygens (including phenoxy) is 3. The second-order valence-corrected chi connectivity index (χ2v) is 10.8. The number of benzene rings is 2. The molecule has 1 fully saturated rings. The quantitative estimate of drug-likeness (QED) is 0.121. The monoisotopic (exact) mass is 649 g/mol.